The first kappa shape index (κ1) is 22.0. The summed E-state index contributed by atoms with van der Waals surface area (Å²) in [6, 6.07) is 16.2. The number of thiazole rings is 1. The van der Waals surface area contributed by atoms with Gasteiger partial charge in [0.2, 0.25) is 5.91 Å². The van der Waals surface area contributed by atoms with Crippen molar-refractivity contribution in [1.82, 2.24) is 10.3 Å². The van der Waals surface area contributed by atoms with Crippen LogP contribution in [0.15, 0.2) is 58.4 Å². The maximum absolute atomic E-state index is 12.3. The zero-order valence-corrected chi connectivity index (χ0v) is 19.3. The molecule has 6 nitrogen and oxygen atoms in total. The molecule has 0 radical (unpaired) electrons. The molecule has 0 saturated carbocycles. The first-order valence-electron chi connectivity index (χ1n) is 10.2. The number of rotatable bonds is 7. The molecule has 4 rings (SSSR count). The van der Waals surface area contributed by atoms with Crippen LogP contribution in [0.25, 0.3) is 0 Å². The monoisotopic (exact) mass is 500 g/mol. The number of nitrogens with zero attached hydrogens (tertiary/aromatic N) is 1. The minimum absolute atomic E-state index is 0.0640. The number of aliphatic hydroxyl groups excluding tert-OH is 1. The zero-order chi connectivity index (χ0) is 21.8. The molecule has 3 aromatic rings. The third-order valence-corrected chi connectivity index (χ3v) is 6.88. The number of carbonyl (C=O) groups excluding carboxylic acids is 1. The quantitative estimate of drug-likeness (QED) is 0.391. The Morgan fingerprint density at radius 2 is 2.10 bits per heavy atom. The summed E-state index contributed by atoms with van der Waals surface area (Å²) in [6.07, 6.45) is 2.52. The van der Waals surface area contributed by atoms with E-state index in [0.29, 0.717) is 16.9 Å². The van der Waals surface area contributed by atoms with Gasteiger partial charge in [-0.25, -0.2) is 4.98 Å². The van der Waals surface area contributed by atoms with E-state index < -0.39 is 6.10 Å². The molecule has 1 fully saturated rings. The van der Waals surface area contributed by atoms with Crippen LogP contribution in [0.5, 0.6) is 0 Å². The van der Waals surface area contributed by atoms with Crippen LogP contribution in [0.4, 0.5) is 10.8 Å². The Labute approximate surface area is 194 Å². The smallest absolute Gasteiger partial charge is 0.230 e. The summed E-state index contributed by atoms with van der Waals surface area (Å²) in [5.41, 5.74) is 9.14. The van der Waals surface area contributed by atoms with E-state index in [1.807, 2.05) is 48.5 Å². The van der Waals surface area contributed by atoms with Crippen LogP contribution in [-0.2, 0) is 17.6 Å². The largest absolute Gasteiger partial charge is 0.387 e. The minimum atomic E-state index is -0.497. The van der Waals surface area contributed by atoms with Crippen molar-refractivity contribution in [1.29, 1.82) is 0 Å². The van der Waals surface area contributed by atoms with Gasteiger partial charge in [-0.05, 0) is 58.5 Å². The lowest BCUT2D eigenvalue weighted by Crippen LogP contribution is -2.35. The molecule has 0 spiro atoms. The highest BCUT2D eigenvalue weighted by Gasteiger charge is 2.29. The van der Waals surface area contributed by atoms with Crippen LogP contribution in [0, 0.1) is 0 Å². The highest BCUT2D eigenvalue weighted by Crippen LogP contribution is 2.29. The van der Waals surface area contributed by atoms with E-state index in [1.165, 1.54) is 16.9 Å². The molecule has 31 heavy (non-hydrogen) atoms. The van der Waals surface area contributed by atoms with Gasteiger partial charge < -0.3 is 21.5 Å². The number of aliphatic hydroxyl groups is 1. The van der Waals surface area contributed by atoms with E-state index in [0.717, 1.165) is 35.0 Å². The fraction of sp³-hybridized carbons (Fsp3) is 0.304. The Balaban J connectivity index is 1.31. The number of nitrogens with two attached hydrogens (primary N) is 1. The second-order valence-corrected chi connectivity index (χ2v) is 9.57. The molecule has 1 saturated heterocycles. The van der Waals surface area contributed by atoms with Crippen LogP contribution >= 0.6 is 27.3 Å². The van der Waals surface area contributed by atoms with Crippen molar-refractivity contribution in [2.24, 2.45) is 0 Å². The minimum Gasteiger partial charge on any atom is -0.387 e. The Hall–Kier alpha value is -2.26. The number of halogens is 1. The molecule has 1 aliphatic heterocycles. The van der Waals surface area contributed by atoms with E-state index in [4.69, 9.17) is 5.73 Å². The van der Waals surface area contributed by atoms with Gasteiger partial charge in [-0.3, -0.25) is 4.79 Å². The van der Waals surface area contributed by atoms with E-state index in [-0.39, 0.29) is 18.4 Å². The van der Waals surface area contributed by atoms with Crippen molar-refractivity contribution in [3.8, 4) is 0 Å². The van der Waals surface area contributed by atoms with E-state index in [9.17, 15) is 9.90 Å². The van der Waals surface area contributed by atoms with Crippen molar-refractivity contribution < 1.29 is 9.90 Å². The summed E-state index contributed by atoms with van der Waals surface area (Å²) >= 11 is 4.90. The predicted molar refractivity (Wildman–Crippen MR) is 128 cm³/mol. The lowest BCUT2D eigenvalue weighted by molar-refractivity contribution is -0.115. The highest BCUT2D eigenvalue weighted by atomic mass is 79.9. The number of benzene rings is 2. The summed E-state index contributed by atoms with van der Waals surface area (Å²) < 4.78 is 0.843. The number of nitrogens with one attached hydrogen (secondary N) is 2. The van der Waals surface area contributed by atoms with Gasteiger partial charge in [-0.15, -0.1) is 11.3 Å². The molecule has 5 N–H and O–H groups in total. The maximum atomic E-state index is 12.3. The first-order valence-corrected chi connectivity index (χ1v) is 11.9. The third-order valence-electron chi connectivity index (χ3n) is 5.50. The van der Waals surface area contributed by atoms with Crippen molar-refractivity contribution in [3.63, 3.8) is 0 Å². The Kier molecular flexibility index (Phi) is 7.02. The van der Waals surface area contributed by atoms with E-state index in [2.05, 4.69) is 31.5 Å². The second kappa shape index (κ2) is 9.91. The molecular weight excluding hydrogens is 476 g/mol. The lowest BCUT2D eigenvalue weighted by Gasteiger charge is -2.20. The van der Waals surface area contributed by atoms with Crippen LogP contribution in [0.3, 0.4) is 0 Å². The van der Waals surface area contributed by atoms with Gasteiger partial charge in [0.05, 0.1) is 23.9 Å². The highest BCUT2D eigenvalue weighted by molar-refractivity contribution is 9.10. The van der Waals surface area contributed by atoms with Gasteiger partial charge in [0.15, 0.2) is 5.13 Å². The molecule has 0 aliphatic carbocycles. The van der Waals surface area contributed by atoms with Crippen molar-refractivity contribution >= 4 is 44.0 Å². The van der Waals surface area contributed by atoms with Gasteiger partial charge in [-0.2, -0.15) is 0 Å². The fourth-order valence-corrected chi connectivity index (χ4v) is 5.06. The van der Waals surface area contributed by atoms with Crippen molar-refractivity contribution in [2.45, 2.75) is 43.9 Å². The number of amides is 1. The Morgan fingerprint density at radius 1 is 1.29 bits per heavy atom. The number of hydrogen-bond donors (Lipinski definition) is 4. The van der Waals surface area contributed by atoms with Crippen molar-refractivity contribution in [3.05, 3.63) is 75.2 Å². The molecule has 2 aromatic carbocycles. The number of nitrogen functional groups attached to an aromatic ring is 1. The predicted octanol–water partition coefficient (Wildman–Crippen LogP) is 4.07. The van der Waals surface area contributed by atoms with Gasteiger partial charge in [-0.1, -0.05) is 36.4 Å². The summed E-state index contributed by atoms with van der Waals surface area (Å²) in [4.78, 5) is 16.4. The normalized spacial score (nSPS) is 19.3. The molecule has 1 aromatic heterocycles. The average Bonchev–Trinajstić information content (AvgIpc) is 3.39. The Bertz CT molecular complexity index is 1040. The number of hydrogen-bond acceptors (Lipinski definition) is 6. The molecule has 2 heterocycles. The van der Waals surface area contributed by atoms with Gasteiger partial charge in [0.1, 0.15) is 0 Å². The summed E-state index contributed by atoms with van der Waals surface area (Å²) in [7, 11) is 0. The SMILES string of the molecule is Nc1nc(CC(=O)Nc2ccc(C[C@H]3CC[C@H]([C@H](O)c4ccccc4)N3)cc2Br)cs1. The summed E-state index contributed by atoms with van der Waals surface area (Å²) in [6.45, 7) is 0. The van der Waals surface area contributed by atoms with Gasteiger partial charge in [0, 0.05) is 21.9 Å². The number of carbonyl (C=O) groups is 1. The molecule has 0 bridgehead atoms. The average molecular weight is 501 g/mol. The molecule has 162 valence electrons. The molecule has 3 atom stereocenters. The maximum Gasteiger partial charge on any atom is 0.230 e. The standard InChI is InChI=1S/C23H25BrN4O2S/c24-18-11-14(6-8-19(18)28-21(29)12-17-13-31-23(25)27-17)10-16-7-9-20(26-16)22(30)15-4-2-1-3-5-15/h1-6,8,11,13,16,20,22,26,30H,7,9-10,12H2,(H2,25,27)(H,28,29)/t16-,20-,22-/m1/s1. The fourth-order valence-electron chi connectivity index (χ4n) is 3.98. The zero-order valence-electron chi connectivity index (χ0n) is 16.9. The van der Waals surface area contributed by atoms with Crippen LogP contribution < -0.4 is 16.4 Å². The van der Waals surface area contributed by atoms with Crippen LogP contribution in [0.2, 0.25) is 0 Å². The van der Waals surface area contributed by atoms with Gasteiger partial charge >= 0.3 is 0 Å². The summed E-state index contributed by atoms with van der Waals surface area (Å²) in [5, 5.41) is 19.4. The van der Waals surface area contributed by atoms with Crippen LogP contribution in [-0.4, -0.2) is 28.1 Å². The second-order valence-electron chi connectivity index (χ2n) is 7.82. The molecule has 0 unspecified atom stereocenters. The van der Waals surface area contributed by atoms with E-state index >= 15 is 0 Å². The molecule has 1 aliphatic rings. The first-order chi connectivity index (χ1) is 15.0. The molecular formula is C23H25BrN4O2S. The number of anilines is 2. The third kappa shape index (κ3) is 5.71. The summed E-state index contributed by atoms with van der Waals surface area (Å²) in [5.74, 6) is -0.131. The lowest BCUT2D eigenvalue weighted by atomic mass is 10.0. The van der Waals surface area contributed by atoms with E-state index in [1.54, 1.807) is 5.38 Å². The Morgan fingerprint density at radius 3 is 2.81 bits per heavy atom. The van der Waals surface area contributed by atoms with Crippen molar-refractivity contribution in [2.75, 3.05) is 11.1 Å². The van der Waals surface area contributed by atoms with Crippen LogP contribution in [0.1, 0.15) is 35.8 Å². The molecule has 8 heteroatoms. The topological polar surface area (TPSA) is 100 Å². The molecule has 1 amide bonds. The number of aromatic nitrogens is 1. The van der Waals surface area contributed by atoms with Gasteiger partial charge in [0.25, 0.3) is 0 Å².